The average molecular weight is 675 g/mol. The summed E-state index contributed by atoms with van der Waals surface area (Å²) in [4.78, 5) is 21.9. The molecule has 13 nitrogen and oxygen atoms in total. The van der Waals surface area contributed by atoms with Crippen LogP contribution in [0.2, 0.25) is 0 Å². The van der Waals surface area contributed by atoms with Gasteiger partial charge < -0.3 is 23.7 Å². The van der Waals surface area contributed by atoms with Gasteiger partial charge in [0.1, 0.15) is 11.9 Å². The van der Waals surface area contributed by atoms with Crippen LogP contribution >= 0.6 is 7.60 Å². The van der Waals surface area contributed by atoms with Gasteiger partial charge in [0.05, 0.1) is 13.2 Å². The molecule has 0 aromatic heterocycles. The molecule has 0 radical (unpaired) electrons. The molecular formula is C30H43O13PS. The lowest BCUT2D eigenvalue weighted by Gasteiger charge is -2.28. The van der Waals surface area contributed by atoms with Crippen LogP contribution in [0.15, 0.2) is 60.7 Å². The van der Waals surface area contributed by atoms with Crippen LogP contribution in [0.3, 0.4) is 0 Å². The quantitative estimate of drug-likeness (QED) is 0.0852. The molecule has 2 unspecified atom stereocenters. The van der Waals surface area contributed by atoms with Crippen LogP contribution in [-0.2, 0) is 49.1 Å². The van der Waals surface area contributed by atoms with Gasteiger partial charge in [0, 0.05) is 12.8 Å². The summed E-state index contributed by atoms with van der Waals surface area (Å²) in [7, 11) is -10.2. The Kier molecular flexibility index (Phi) is 14.3. The Morgan fingerprint density at radius 1 is 0.756 bits per heavy atom. The molecule has 0 heterocycles. The molecule has 2 atom stereocenters. The summed E-state index contributed by atoms with van der Waals surface area (Å²) in [6.45, 7) is 8.67. The van der Waals surface area contributed by atoms with Crippen molar-refractivity contribution < 1.29 is 59.9 Å². The summed E-state index contributed by atoms with van der Waals surface area (Å²) >= 11 is 0. The van der Waals surface area contributed by atoms with Crippen LogP contribution < -0.4 is 4.74 Å². The van der Waals surface area contributed by atoms with E-state index in [9.17, 15) is 27.1 Å². The topological polar surface area (TPSA) is 170 Å². The van der Waals surface area contributed by atoms with Crippen LogP contribution in [0.4, 0.5) is 9.59 Å². The molecule has 0 fully saturated rings. The maximum atomic E-state index is 14.1. The van der Waals surface area contributed by atoms with Gasteiger partial charge in [0.25, 0.3) is 10.1 Å². The fourth-order valence-corrected chi connectivity index (χ4v) is 6.94. The second-order valence-electron chi connectivity index (χ2n) is 12.5. The van der Waals surface area contributed by atoms with Crippen molar-refractivity contribution in [2.75, 3.05) is 26.8 Å². The number of hydrogen-bond acceptors (Lipinski definition) is 12. The highest BCUT2D eigenvalue weighted by atomic mass is 32.2. The van der Waals surface area contributed by atoms with Crippen molar-refractivity contribution >= 4 is 30.0 Å². The van der Waals surface area contributed by atoms with E-state index in [0.29, 0.717) is 5.75 Å². The van der Waals surface area contributed by atoms with Crippen molar-refractivity contribution in [2.45, 2.75) is 65.5 Å². The number of benzene rings is 2. The molecule has 15 heteroatoms. The fourth-order valence-electron chi connectivity index (χ4n) is 3.51. The van der Waals surface area contributed by atoms with Gasteiger partial charge in [-0.2, -0.15) is 8.42 Å². The lowest BCUT2D eigenvalue weighted by Crippen LogP contribution is -2.32. The molecule has 0 aliphatic rings. The molecule has 0 saturated carbocycles. The number of hydrogen-bond donors (Lipinski definition) is 1. The molecule has 0 bridgehead atoms. The normalized spacial score (nSPS) is 13.8. The maximum Gasteiger partial charge on any atom is 0.510 e. The highest BCUT2D eigenvalue weighted by Gasteiger charge is 2.47. The second-order valence-corrected chi connectivity index (χ2v) is 16.6. The predicted octanol–water partition coefficient (Wildman–Crippen LogP) is 6.82. The van der Waals surface area contributed by atoms with Gasteiger partial charge in [-0.25, -0.2) is 9.59 Å². The minimum atomic E-state index is -5.20. The third kappa shape index (κ3) is 15.6. The van der Waals surface area contributed by atoms with E-state index < -0.39 is 61.1 Å². The van der Waals surface area contributed by atoms with Crippen molar-refractivity contribution in [1.29, 1.82) is 0 Å². The summed E-state index contributed by atoms with van der Waals surface area (Å²) < 4.78 is 85.9. The van der Waals surface area contributed by atoms with Crippen LogP contribution in [0.1, 0.15) is 53.5 Å². The number of rotatable bonds is 16. The first-order valence-corrected chi connectivity index (χ1v) is 17.2. The summed E-state index contributed by atoms with van der Waals surface area (Å²) in [5.74, 6) is 0.374. The molecule has 0 spiro atoms. The van der Waals surface area contributed by atoms with Crippen LogP contribution in [-0.4, -0.2) is 63.2 Å². The monoisotopic (exact) mass is 674 g/mol. The van der Waals surface area contributed by atoms with Gasteiger partial charge in [-0.05, 0) is 28.5 Å². The lowest BCUT2D eigenvalue weighted by molar-refractivity contribution is -0.0306. The number of carbonyl (C=O) groups excluding carboxylic acids is 2. The molecule has 45 heavy (non-hydrogen) atoms. The smallest absolute Gasteiger partial charge is 0.490 e. The minimum absolute atomic E-state index is 0.0177. The van der Waals surface area contributed by atoms with Gasteiger partial charge in [0.15, 0.2) is 4.99 Å². The summed E-state index contributed by atoms with van der Waals surface area (Å²) in [5.41, 5.74) is -0.0291. The van der Waals surface area contributed by atoms with E-state index >= 15 is 0 Å². The Labute approximate surface area is 264 Å². The number of para-hydroxylation sites is 1. The highest BCUT2D eigenvalue weighted by molar-refractivity contribution is 7.94. The molecule has 252 valence electrons. The molecule has 2 aromatic rings. The van der Waals surface area contributed by atoms with E-state index in [1.807, 2.05) is 41.5 Å². The Morgan fingerprint density at radius 2 is 1.20 bits per heavy atom. The Hall–Kier alpha value is -3.16. The lowest BCUT2D eigenvalue weighted by atomic mass is 9.99. The summed E-state index contributed by atoms with van der Waals surface area (Å²) in [6, 6.07) is 17.4. The average Bonchev–Trinajstić information content (AvgIpc) is 2.93. The van der Waals surface area contributed by atoms with Crippen molar-refractivity contribution in [1.82, 2.24) is 0 Å². The highest BCUT2D eigenvalue weighted by Crippen LogP contribution is 2.56. The van der Waals surface area contributed by atoms with E-state index in [-0.39, 0.29) is 30.5 Å². The van der Waals surface area contributed by atoms with E-state index in [2.05, 4.69) is 0 Å². The zero-order chi connectivity index (χ0) is 33.7. The Bertz CT molecular complexity index is 1270. The first-order chi connectivity index (χ1) is 20.9. The first kappa shape index (κ1) is 38.0. The molecule has 2 rings (SSSR count). The third-order valence-electron chi connectivity index (χ3n) is 5.58. The van der Waals surface area contributed by atoms with Gasteiger partial charge in [-0.1, -0.05) is 90.1 Å². The molecule has 0 aliphatic carbocycles. The van der Waals surface area contributed by atoms with Crippen LogP contribution in [0.25, 0.3) is 0 Å². The van der Waals surface area contributed by atoms with E-state index in [0.717, 1.165) is 5.56 Å². The van der Waals surface area contributed by atoms with E-state index in [1.165, 1.54) is 0 Å². The van der Waals surface area contributed by atoms with E-state index in [4.69, 9.17) is 32.7 Å². The predicted molar refractivity (Wildman–Crippen MR) is 164 cm³/mol. The second kappa shape index (κ2) is 17.0. The van der Waals surface area contributed by atoms with Gasteiger partial charge in [-0.15, -0.1) is 0 Å². The van der Waals surface area contributed by atoms with E-state index in [1.54, 1.807) is 60.7 Å². The minimum Gasteiger partial charge on any atom is -0.490 e. The van der Waals surface area contributed by atoms with Crippen LogP contribution in [0, 0.1) is 10.8 Å². The van der Waals surface area contributed by atoms with Crippen molar-refractivity contribution in [3.63, 3.8) is 0 Å². The molecule has 1 N–H and O–H groups in total. The maximum absolute atomic E-state index is 14.1. The molecule has 0 aliphatic heterocycles. The zero-order valence-electron chi connectivity index (χ0n) is 26.4. The van der Waals surface area contributed by atoms with Gasteiger partial charge >= 0.3 is 19.9 Å². The standard InChI is InChI=1S/C30H43O13PS/c1-29(2,3)19-37-27(31)39-21-41-44(33,42-22-40-28(32)38-20-30(4,5)6)26(45(34,35)36)18-25(17-23-13-9-7-10-14-23)43-24-15-11-8-12-16-24/h7-16,25-26H,17-22H2,1-6H3,(H,34,35,36). The molecule has 2 aromatic carbocycles. The first-order valence-electron chi connectivity index (χ1n) is 14.1. The molecule has 0 amide bonds. The van der Waals surface area contributed by atoms with Crippen LogP contribution in [0.5, 0.6) is 5.75 Å². The van der Waals surface area contributed by atoms with Crippen molar-refractivity contribution in [3.8, 4) is 5.75 Å². The zero-order valence-corrected chi connectivity index (χ0v) is 28.1. The number of carbonyl (C=O) groups is 2. The largest absolute Gasteiger partial charge is 0.510 e. The third-order valence-corrected chi connectivity index (χ3v) is 9.88. The SMILES string of the molecule is CC(C)(C)COC(=O)OCOP(=O)(OCOC(=O)OCC(C)(C)C)C(CC(Cc1ccccc1)Oc1ccccc1)S(=O)(=O)O. The fraction of sp³-hybridized carbons (Fsp3) is 0.533. The van der Waals surface area contributed by atoms with Gasteiger partial charge in [-0.3, -0.25) is 18.2 Å². The molecule has 0 saturated heterocycles. The van der Waals surface area contributed by atoms with Crippen molar-refractivity contribution in [3.05, 3.63) is 66.2 Å². The summed E-state index contributed by atoms with van der Waals surface area (Å²) in [6.07, 6.45) is -3.83. The Balaban J connectivity index is 2.32. The molecular weight excluding hydrogens is 631 g/mol. The number of ether oxygens (including phenoxy) is 5. The van der Waals surface area contributed by atoms with Crippen molar-refractivity contribution in [2.24, 2.45) is 10.8 Å². The Morgan fingerprint density at radius 3 is 1.62 bits per heavy atom. The van der Waals surface area contributed by atoms with Gasteiger partial charge in [0.2, 0.25) is 13.6 Å². The summed E-state index contributed by atoms with van der Waals surface area (Å²) in [5, 5.41) is 0.